The van der Waals surface area contributed by atoms with Crippen LogP contribution in [0.25, 0.3) is 0 Å². The van der Waals surface area contributed by atoms with Gasteiger partial charge in [0.1, 0.15) is 5.60 Å². The van der Waals surface area contributed by atoms with Crippen molar-refractivity contribution in [1.82, 2.24) is 15.1 Å². The molecule has 0 aliphatic heterocycles. The number of aliphatic hydroxyl groups is 1. The summed E-state index contributed by atoms with van der Waals surface area (Å²) < 4.78 is 1.76. The highest BCUT2D eigenvalue weighted by Gasteiger charge is 2.29. The van der Waals surface area contributed by atoms with Gasteiger partial charge in [0.2, 0.25) is 0 Å². The molecular weight excluding hydrogens is 214 g/mol. The zero-order valence-corrected chi connectivity index (χ0v) is 10.2. The van der Waals surface area contributed by atoms with E-state index in [0.717, 1.165) is 13.0 Å². The van der Waals surface area contributed by atoms with E-state index in [1.807, 2.05) is 0 Å². The van der Waals surface area contributed by atoms with Gasteiger partial charge in [-0.25, -0.2) is 0 Å². The highest BCUT2D eigenvalue weighted by molar-refractivity contribution is 6.31. The maximum atomic E-state index is 10.3. The quantitative estimate of drug-likeness (QED) is 0.805. The normalized spacial score (nSPS) is 15.3. The van der Waals surface area contributed by atoms with Crippen molar-refractivity contribution >= 4 is 11.6 Å². The molecule has 0 aliphatic rings. The van der Waals surface area contributed by atoms with Gasteiger partial charge in [-0.15, -0.1) is 0 Å². The predicted molar refractivity (Wildman–Crippen MR) is 61.0 cm³/mol. The van der Waals surface area contributed by atoms with Crippen molar-refractivity contribution in [3.8, 4) is 0 Å². The smallest absolute Gasteiger partial charge is 0.117 e. The maximum absolute atomic E-state index is 10.3. The molecule has 86 valence electrons. The molecule has 1 atom stereocenters. The lowest BCUT2D eigenvalue weighted by molar-refractivity contribution is 0.0495. The Morgan fingerprint density at radius 2 is 2.33 bits per heavy atom. The van der Waals surface area contributed by atoms with Crippen molar-refractivity contribution in [1.29, 1.82) is 0 Å². The van der Waals surface area contributed by atoms with Crippen LogP contribution in [0.3, 0.4) is 0 Å². The third kappa shape index (κ3) is 2.71. The molecule has 0 radical (unpaired) electrons. The Morgan fingerprint density at radius 3 is 2.87 bits per heavy atom. The molecule has 0 aromatic carbocycles. The van der Waals surface area contributed by atoms with Gasteiger partial charge in [0.15, 0.2) is 0 Å². The van der Waals surface area contributed by atoms with Crippen molar-refractivity contribution < 1.29 is 5.11 Å². The van der Waals surface area contributed by atoms with E-state index in [4.69, 9.17) is 11.6 Å². The molecule has 0 saturated heterocycles. The summed E-state index contributed by atoms with van der Waals surface area (Å²) in [6.45, 7) is 5.01. The predicted octanol–water partition coefficient (Wildman–Crippen LogP) is 1.37. The number of nitrogens with one attached hydrogen (secondary N) is 1. The third-order valence-electron chi connectivity index (χ3n) is 2.26. The Labute approximate surface area is 95.2 Å². The number of nitrogens with zero attached hydrogens (tertiary/aromatic N) is 2. The standard InChI is InChI=1S/C10H18ClN3O/c1-4-5-14-9(8(11)6-13-14)10(2,15)7-12-3/h6,12,15H,4-5,7H2,1-3H3. The molecule has 0 amide bonds. The minimum atomic E-state index is -0.989. The molecule has 2 N–H and O–H groups in total. The number of aromatic nitrogens is 2. The van der Waals surface area contributed by atoms with Crippen molar-refractivity contribution in [2.24, 2.45) is 0 Å². The molecule has 15 heavy (non-hydrogen) atoms. The Balaban J connectivity index is 3.04. The number of hydrogen-bond acceptors (Lipinski definition) is 3. The van der Waals surface area contributed by atoms with Crippen molar-refractivity contribution in [3.63, 3.8) is 0 Å². The minimum Gasteiger partial charge on any atom is -0.382 e. The summed E-state index contributed by atoms with van der Waals surface area (Å²) in [5.41, 5.74) is -0.308. The Kier molecular flexibility index (Phi) is 4.13. The van der Waals surface area contributed by atoms with Gasteiger partial charge in [-0.2, -0.15) is 5.10 Å². The highest BCUT2D eigenvalue weighted by atomic mass is 35.5. The molecule has 1 aromatic rings. The zero-order chi connectivity index (χ0) is 11.5. The molecule has 0 fully saturated rings. The van der Waals surface area contributed by atoms with E-state index in [-0.39, 0.29) is 0 Å². The number of aryl methyl sites for hydroxylation is 1. The van der Waals surface area contributed by atoms with E-state index in [2.05, 4.69) is 17.3 Å². The van der Waals surface area contributed by atoms with Crippen molar-refractivity contribution in [2.75, 3.05) is 13.6 Å². The van der Waals surface area contributed by atoms with Crippen LogP contribution in [0, 0.1) is 0 Å². The van der Waals surface area contributed by atoms with Gasteiger partial charge >= 0.3 is 0 Å². The van der Waals surface area contributed by atoms with E-state index in [0.29, 0.717) is 17.3 Å². The second-order valence-electron chi connectivity index (χ2n) is 3.87. The fourth-order valence-corrected chi connectivity index (χ4v) is 2.05. The van der Waals surface area contributed by atoms with Crippen LogP contribution < -0.4 is 5.32 Å². The van der Waals surface area contributed by atoms with Crippen LogP contribution >= 0.6 is 11.6 Å². The molecule has 0 spiro atoms. The van der Waals surface area contributed by atoms with Gasteiger partial charge in [0.25, 0.3) is 0 Å². The second kappa shape index (κ2) is 4.96. The van der Waals surface area contributed by atoms with Gasteiger partial charge in [0, 0.05) is 13.1 Å². The first kappa shape index (κ1) is 12.5. The number of hydrogen-bond donors (Lipinski definition) is 2. The van der Waals surface area contributed by atoms with E-state index in [1.54, 1.807) is 24.9 Å². The molecule has 0 bridgehead atoms. The number of rotatable bonds is 5. The van der Waals surface area contributed by atoms with E-state index in [9.17, 15) is 5.11 Å². The maximum Gasteiger partial charge on any atom is 0.117 e. The molecule has 1 heterocycles. The van der Waals surface area contributed by atoms with Crippen molar-refractivity contribution in [2.45, 2.75) is 32.4 Å². The van der Waals surface area contributed by atoms with Gasteiger partial charge < -0.3 is 10.4 Å². The summed E-state index contributed by atoms with van der Waals surface area (Å²) in [5.74, 6) is 0. The number of halogens is 1. The van der Waals surface area contributed by atoms with Crippen LogP contribution in [0.1, 0.15) is 26.0 Å². The van der Waals surface area contributed by atoms with E-state index >= 15 is 0 Å². The van der Waals surface area contributed by atoms with Gasteiger partial charge in [-0.05, 0) is 20.4 Å². The lowest BCUT2D eigenvalue weighted by Gasteiger charge is -2.24. The molecule has 5 heteroatoms. The van der Waals surface area contributed by atoms with E-state index < -0.39 is 5.60 Å². The molecule has 0 aliphatic carbocycles. The molecular formula is C10H18ClN3O. The van der Waals surface area contributed by atoms with Crippen LogP contribution in [0.2, 0.25) is 5.02 Å². The lowest BCUT2D eigenvalue weighted by atomic mass is 10.0. The summed E-state index contributed by atoms with van der Waals surface area (Å²) >= 11 is 6.03. The molecule has 1 rings (SSSR count). The van der Waals surface area contributed by atoms with Crippen LogP contribution in [-0.2, 0) is 12.1 Å². The topological polar surface area (TPSA) is 50.1 Å². The zero-order valence-electron chi connectivity index (χ0n) is 9.42. The summed E-state index contributed by atoms with van der Waals surface area (Å²) in [7, 11) is 1.79. The molecule has 1 unspecified atom stereocenters. The van der Waals surface area contributed by atoms with Crippen molar-refractivity contribution in [3.05, 3.63) is 16.9 Å². The summed E-state index contributed by atoms with van der Waals surface area (Å²) in [5, 5.41) is 17.9. The fourth-order valence-electron chi connectivity index (χ4n) is 1.71. The first-order chi connectivity index (χ1) is 7.03. The molecule has 4 nitrogen and oxygen atoms in total. The number of likely N-dealkylation sites (N-methyl/N-ethyl adjacent to an activating group) is 1. The Hall–Kier alpha value is -0.580. The highest BCUT2D eigenvalue weighted by Crippen LogP contribution is 2.27. The third-order valence-corrected chi connectivity index (χ3v) is 2.54. The summed E-state index contributed by atoms with van der Waals surface area (Å²) in [4.78, 5) is 0. The summed E-state index contributed by atoms with van der Waals surface area (Å²) in [6.07, 6.45) is 2.54. The van der Waals surface area contributed by atoms with Crippen LogP contribution in [0.5, 0.6) is 0 Å². The lowest BCUT2D eigenvalue weighted by Crippen LogP contribution is -2.36. The van der Waals surface area contributed by atoms with Crippen LogP contribution in [0.4, 0.5) is 0 Å². The minimum absolute atomic E-state index is 0.447. The summed E-state index contributed by atoms with van der Waals surface area (Å²) in [6, 6.07) is 0. The first-order valence-corrected chi connectivity index (χ1v) is 5.49. The van der Waals surface area contributed by atoms with E-state index in [1.165, 1.54) is 0 Å². The Morgan fingerprint density at radius 1 is 1.67 bits per heavy atom. The van der Waals surface area contributed by atoms with Crippen LogP contribution in [-0.4, -0.2) is 28.5 Å². The fraction of sp³-hybridized carbons (Fsp3) is 0.700. The van der Waals surface area contributed by atoms with Gasteiger partial charge in [-0.1, -0.05) is 18.5 Å². The second-order valence-corrected chi connectivity index (χ2v) is 4.28. The van der Waals surface area contributed by atoms with Gasteiger partial charge in [0.05, 0.1) is 16.9 Å². The molecule has 0 saturated carbocycles. The first-order valence-electron chi connectivity index (χ1n) is 5.11. The molecule has 1 aromatic heterocycles. The largest absolute Gasteiger partial charge is 0.382 e. The van der Waals surface area contributed by atoms with Gasteiger partial charge in [-0.3, -0.25) is 4.68 Å². The van der Waals surface area contributed by atoms with Crippen LogP contribution in [0.15, 0.2) is 6.20 Å². The average molecular weight is 232 g/mol. The monoisotopic (exact) mass is 231 g/mol. The SMILES string of the molecule is CCCn1ncc(Cl)c1C(C)(O)CNC. The average Bonchev–Trinajstić information content (AvgIpc) is 2.48. The Bertz CT molecular complexity index is 322.